The fourth-order valence-corrected chi connectivity index (χ4v) is 1.30. The van der Waals surface area contributed by atoms with E-state index in [9.17, 15) is 0 Å². The number of nitrogens with zero attached hydrogens (tertiary/aromatic N) is 3. The van der Waals surface area contributed by atoms with Crippen LogP contribution < -0.4 is 0 Å². The van der Waals surface area contributed by atoms with E-state index in [1.54, 1.807) is 0 Å². The highest BCUT2D eigenvalue weighted by Gasteiger charge is 2.11. The first kappa shape index (κ1) is 11.7. The van der Waals surface area contributed by atoms with Gasteiger partial charge in [-0.25, -0.2) is 4.99 Å². The molecule has 0 atom stereocenters. The van der Waals surface area contributed by atoms with Gasteiger partial charge >= 0.3 is 0 Å². The molecule has 0 aromatic heterocycles. The molecule has 0 spiro atoms. The first-order valence-electron chi connectivity index (χ1n) is 3.96. The Bertz CT molecular complexity index is 154. The van der Waals surface area contributed by atoms with E-state index in [1.807, 2.05) is 0 Å². The van der Waals surface area contributed by atoms with Crippen molar-refractivity contribution in [3.8, 4) is 0 Å². The summed E-state index contributed by atoms with van der Waals surface area (Å²) in [5.41, 5.74) is 0. The highest BCUT2D eigenvalue weighted by atomic mass is 32.1. The Labute approximate surface area is 80.1 Å². The van der Waals surface area contributed by atoms with Crippen LogP contribution in [0.1, 0.15) is 6.42 Å². The number of hydrogen-bond acceptors (Lipinski definition) is 4. The summed E-state index contributed by atoms with van der Waals surface area (Å²) in [7, 11) is 8.25. The third-order valence-electron chi connectivity index (χ3n) is 1.76. The molecular formula is C8H17N3S. The Morgan fingerprint density at radius 2 is 1.75 bits per heavy atom. The molecule has 12 heavy (non-hydrogen) atoms. The van der Waals surface area contributed by atoms with Gasteiger partial charge in [0.05, 0.1) is 17.9 Å². The lowest BCUT2D eigenvalue weighted by Gasteiger charge is -2.29. The van der Waals surface area contributed by atoms with Gasteiger partial charge in [0.25, 0.3) is 0 Å². The summed E-state index contributed by atoms with van der Waals surface area (Å²) >= 11 is 4.49. The van der Waals surface area contributed by atoms with Gasteiger partial charge in [0.15, 0.2) is 0 Å². The highest BCUT2D eigenvalue weighted by Crippen LogP contribution is 2.02. The van der Waals surface area contributed by atoms with Crippen LogP contribution in [0, 0.1) is 0 Å². The predicted octanol–water partition coefficient (Wildman–Crippen LogP) is 0.929. The molecule has 0 saturated carbocycles. The Morgan fingerprint density at radius 1 is 1.25 bits per heavy atom. The summed E-state index contributed by atoms with van der Waals surface area (Å²) in [6, 6.07) is 0. The number of thiocarbonyl (C=S) groups is 1. The van der Waals surface area contributed by atoms with Crippen molar-refractivity contribution < 1.29 is 0 Å². The molecule has 70 valence electrons. The third kappa shape index (κ3) is 4.57. The summed E-state index contributed by atoms with van der Waals surface area (Å²) < 4.78 is 0. The van der Waals surface area contributed by atoms with E-state index in [0.717, 1.165) is 13.0 Å². The summed E-state index contributed by atoms with van der Waals surface area (Å²) in [4.78, 5) is 8.22. The summed E-state index contributed by atoms with van der Waals surface area (Å²) in [5.74, 6) is 0. The van der Waals surface area contributed by atoms with Gasteiger partial charge in [-0.05, 0) is 46.8 Å². The van der Waals surface area contributed by atoms with Gasteiger partial charge in [0.2, 0.25) is 0 Å². The second kappa shape index (κ2) is 6.26. The molecule has 0 radical (unpaired) electrons. The molecule has 3 nitrogen and oxygen atoms in total. The van der Waals surface area contributed by atoms with Gasteiger partial charge in [-0.2, -0.15) is 0 Å². The monoisotopic (exact) mass is 187 g/mol. The molecule has 0 N–H and O–H groups in total. The Hall–Kier alpha value is -0.280. The zero-order chi connectivity index (χ0) is 9.56. The lowest BCUT2D eigenvalue weighted by molar-refractivity contribution is 0.123. The molecular weight excluding hydrogens is 170 g/mol. The van der Waals surface area contributed by atoms with Crippen molar-refractivity contribution in [2.75, 3.05) is 34.7 Å². The first-order chi connectivity index (χ1) is 5.59. The Kier molecular flexibility index (Phi) is 6.11. The second-order valence-corrected chi connectivity index (χ2v) is 3.35. The number of hydrogen-bond donors (Lipinski definition) is 0. The molecule has 0 aliphatic rings. The van der Waals surface area contributed by atoms with Crippen LogP contribution in [0.4, 0.5) is 0 Å². The van der Waals surface area contributed by atoms with E-state index in [4.69, 9.17) is 0 Å². The fraction of sp³-hybridized carbons (Fsp3) is 0.875. The Balaban J connectivity index is 3.87. The summed E-state index contributed by atoms with van der Waals surface area (Å²) in [6.07, 6.45) is 1.42. The lowest BCUT2D eigenvalue weighted by atomic mass is 10.3. The van der Waals surface area contributed by atoms with Gasteiger partial charge in [0.1, 0.15) is 0 Å². The molecule has 0 aromatic carbocycles. The summed E-state index contributed by atoms with van der Waals surface area (Å²) in [5, 5.41) is 2.37. The molecule has 0 fully saturated rings. The standard InChI is InChI=1S/C8H17N3S/c1-10(2)8(11(3)4)5-6-9-7-12/h8H,5-6H2,1-4H3. The molecule has 0 aromatic rings. The highest BCUT2D eigenvalue weighted by molar-refractivity contribution is 7.78. The minimum atomic E-state index is 0.428. The molecule has 0 aliphatic carbocycles. The maximum Gasteiger partial charge on any atom is 0.0630 e. The van der Waals surface area contributed by atoms with Crippen LogP contribution in [0.15, 0.2) is 4.99 Å². The molecule has 0 amide bonds. The molecule has 0 unspecified atom stereocenters. The van der Waals surface area contributed by atoms with Crippen molar-refractivity contribution >= 4 is 17.4 Å². The maximum atomic E-state index is 4.49. The van der Waals surface area contributed by atoms with Gasteiger partial charge in [-0.1, -0.05) is 0 Å². The van der Waals surface area contributed by atoms with Crippen LogP contribution in [0.2, 0.25) is 0 Å². The van der Waals surface area contributed by atoms with Crippen LogP contribution in [0.3, 0.4) is 0 Å². The molecule has 0 aliphatic heterocycles. The quantitative estimate of drug-likeness (QED) is 0.362. The summed E-state index contributed by atoms with van der Waals surface area (Å²) in [6.45, 7) is 0.754. The van der Waals surface area contributed by atoms with E-state index in [2.05, 4.69) is 60.4 Å². The van der Waals surface area contributed by atoms with Crippen molar-refractivity contribution in [2.45, 2.75) is 12.6 Å². The predicted molar refractivity (Wildman–Crippen MR) is 55.7 cm³/mol. The van der Waals surface area contributed by atoms with E-state index >= 15 is 0 Å². The second-order valence-electron chi connectivity index (χ2n) is 3.17. The fourth-order valence-electron chi connectivity index (χ4n) is 1.20. The van der Waals surface area contributed by atoms with Gasteiger partial charge in [-0.15, -0.1) is 0 Å². The van der Waals surface area contributed by atoms with Crippen molar-refractivity contribution in [1.82, 2.24) is 9.80 Å². The number of rotatable bonds is 5. The van der Waals surface area contributed by atoms with Gasteiger partial charge in [-0.3, -0.25) is 9.80 Å². The largest absolute Gasteiger partial charge is 0.294 e. The van der Waals surface area contributed by atoms with E-state index in [1.165, 1.54) is 0 Å². The van der Waals surface area contributed by atoms with Crippen molar-refractivity contribution in [3.63, 3.8) is 0 Å². The first-order valence-corrected chi connectivity index (χ1v) is 4.37. The van der Waals surface area contributed by atoms with Crippen LogP contribution in [0.5, 0.6) is 0 Å². The van der Waals surface area contributed by atoms with Crippen LogP contribution in [-0.4, -0.2) is 55.9 Å². The van der Waals surface area contributed by atoms with Crippen LogP contribution >= 0.6 is 12.2 Å². The molecule has 0 heterocycles. The topological polar surface area (TPSA) is 18.8 Å². The molecule has 0 saturated heterocycles. The van der Waals surface area contributed by atoms with Gasteiger partial charge in [0, 0.05) is 0 Å². The van der Waals surface area contributed by atoms with E-state index < -0.39 is 0 Å². The van der Waals surface area contributed by atoms with E-state index in [0.29, 0.717) is 6.17 Å². The molecule has 0 bridgehead atoms. The zero-order valence-corrected chi connectivity index (χ0v) is 9.06. The maximum absolute atomic E-state index is 4.49. The SMILES string of the molecule is CN(C)C(CCN=C=S)N(C)C. The third-order valence-corrected chi connectivity index (χ3v) is 1.88. The lowest BCUT2D eigenvalue weighted by Crippen LogP contribution is -2.40. The average Bonchev–Trinajstić information content (AvgIpc) is 1.96. The van der Waals surface area contributed by atoms with Crippen molar-refractivity contribution in [3.05, 3.63) is 0 Å². The normalized spacial score (nSPS) is 10.9. The van der Waals surface area contributed by atoms with Crippen LogP contribution in [-0.2, 0) is 0 Å². The van der Waals surface area contributed by atoms with Crippen molar-refractivity contribution in [2.24, 2.45) is 4.99 Å². The Morgan fingerprint density at radius 3 is 2.08 bits per heavy atom. The van der Waals surface area contributed by atoms with Gasteiger partial charge < -0.3 is 0 Å². The molecule has 0 rings (SSSR count). The van der Waals surface area contributed by atoms with Crippen molar-refractivity contribution in [1.29, 1.82) is 0 Å². The zero-order valence-electron chi connectivity index (χ0n) is 8.24. The smallest absolute Gasteiger partial charge is 0.0630 e. The minimum absolute atomic E-state index is 0.428. The van der Waals surface area contributed by atoms with Crippen LogP contribution in [0.25, 0.3) is 0 Å². The number of aliphatic imine (C=N–C) groups is 1. The number of isothiocyanates is 1. The average molecular weight is 187 g/mol. The molecule has 4 heteroatoms. The van der Waals surface area contributed by atoms with E-state index in [-0.39, 0.29) is 0 Å². The minimum Gasteiger partial charge on any atom is -0.294 e.